The molecule has 170 valence electrons. The normalized spacial score (nSPS) is 26.7. The van der Waals surface area contributed by atoms with E-state index < -0.39 is 36.1 Å². The second-order valence-corrected chi connectivity index (χ2v) is 8.87. The maximum atomic E-state index is 14.2. The van der Waals surface area contributed by atoms with Gasteiger partial charge in [0.25, 0.3) is 5.56 Å². The molecular weight excluding hydrogens is 427 g/mol. The van der Waals surface area contributed by atoms with Crippen molar-refractivity contribution in [2.75, 3.05) is 29.5 Å². The van der Waals surface area contributed by atoms with Crippen LogP contribution in [-0.2, 0) is 11.3 Å². The summed E-state index contributed by atoms with van der Waals surface area (Å²) in [5, 5.41) is 0. The molecule has 32 heavy (non-hydrogen) atoms. The van der Waals surface area contributed by atoms with E-state index in [1.807, 2.05) is 4.90 Å². The molecule has 3 aliphatic heterocycles. The van der Waals surface area contributed by atoms with Crippen molar-refractivity contribution in [3.8, 4) is 0 Å². The molecule has 0 spiro atoms. The summed E-state index contributed by atoms with van der Waals surface area (Å²) in [6.07, 6.45) is -0.983. The number of anilines is 2. The largest absolute Gasteiger partial charge is 0.413 e. The first-order chi connectivity index (χ1) is 15.1. The molecule has 0 N–H and O–H groups in total. The Kier molecular flexibility index (Phi) is 4.59. The van der Waals surface area contributed by atoms with Gasteiger partial charge in [-0.15, -0.1) is 0 Å². The highest BCUT2D eigenvalue weighted by Crippen LogP contribution is 2.43. The number of halogens is 3. The quantitative estimate of drug-likeness (QED) is 0.660. The summed E-state index contributed by atoms with van der Waals surface area (Å²) < 4.78 is 49.2. The Balaban J connectivity index is 1.56. The Morgan fingerprint density at radius 2 is 2.09 bits per heavy atom. The van der Waals surface area contributed by atoms with Gasteiger partial charge in [-0.25, -0.2) is 0 Å². The molecule has 0 saturated carbocycles. The third-order valence-corrected chi connectivity index (χ3v) is 6.58. The maximum absolute atomic E-state index is 14.2. The Labute approximate surface area is 181 Å². The van der Waals surface area contributed by atoms with Crippen LogP contribution >= 0.6 is 0 Å². The number of hydrogen-bond acceptors (Lipinski definition) is 7. The van der Waals surface area contributed by atoms with Gasteiger partial charge in [0, 0.05) is 30.6 Å². The molecule has 0 unspecified atom stereocenters. The Bertz CT molecular complexity index is 1150. The fourth-order valence-electron chi connectivity index (χ4n) is 4.71. The van der Waals surface area contributed by atoms with Crippen molar-refractivity contribution in [2.45, 2.75) is 50.7 Å². The van der Waals surface area contributed by atoms with Gasteiger partial charge in [0.15, 0.2) is 11.3 Å². The zero-order valence-electron chi connectivity index (χ0n) is 17.6. The van der Waals surface area contributed by atoms with Crippen molar-refractivity contribution >= 4 is 17.5 Å². The molecule has 0 aromatic carbocycles. The van der Waals surface area contributed by atoms with Crippen LogP contribution in [-0.4, -0.2) is 63.9 Å². The number of rotatable bonds is 4. The predicted molar refractivity (Wildman–Crippen MR) is 109 cm³/mol. The lowest BCUT2D eigenvalue weighted by molar-refractivity contribution is -0.181. The fraction of sp³-hybridized carbons (Fsp3) is 0.524. The lowest BCUT2D eigenvalue weighted by atomic mass is 10.00. The fourth-order valence-corrected chi connectivity index (χ4v) is 4.71. The molecular formula is C21H22F3N5O3. The van der Waals surface area contributed by atoms with Gasteiger partial charge in [0.05, 0.1) is 31.8 Å². The highest BCUT2D eigenvalue weighted by atomic mass is 19.4. The van der Waals surface area contributed by atoms with Crippen LogP contribution in [0, 0.1) is 6.92 Å². The van der Waals surface area contributed by atoms with E-state index in [1.165, 1.54) is 12.3 Å². The summed E-state index contributed by atoms with van der Waals surface area (Å²) in [4.78, 5) is 37.0. The van der Waals surface area contributed by atoms with Crippen LogP contribution in [0.25, 0.3) is 0 Å². The van der Waals surface area contributed by atoms with Crippen molar-refractivity contribution in [1.82, 2.24) is 14.5 Å². The van der Waals surface area contributed by atoms with E-state index in [0.29, 0.717) is 19.0 Å². The second-order valence-electron chi connectivity index (χ2n) is 8.87. The lowest BCUT2D eigenvalue weighted by Gasteiger charge is -2.36. The molecule has 0 radical (unpaired) electrons. The smallest absolute Gasteiger partial charge is 0.374 e. The van der Waals surface area contributed by atoms with Crippen LogP contribution in [0.2, 0.25) is 0 Å². The minimum absolute atomic E-state index is 0.0322. The number of pyridine rings is 1. The van der Waals surface area contributed by atoms with E-state index in [2.05, 4.69) is 9.97 Å². The number of morpholine rings is 1. The molecule has 2 saturated heterocycles. The van der Waals surface area contributed by atoms with Crippen molar-refractivity contribution in [2.24, 2.45) is 0 Å². The average Bonchev–Trinajstić information content (AvgIpc) is 3.42. The molecule has 2 bridgehead atoms. The van der Waals surface area contributed by atoms with Gasteiger partial charge in [-0.05, 0) is 31.9 Å². The zero-order valence-corrected chi connectivity index (χ0v) is 17.6. The first-order valence-corrected chi connectivity index (χ1v) is 10.4. The molecule has 5 rings (SSSR count). The number of carbonyl (C=O) groups excluding carboxylic acids is 1. The number of carbonyl (C=O) groups is 1. The number of alkyl halides is 3. The van der Waals surface area contributed by atoms with Gasteiger partial charge < -0.3 is 14.5 Å². The summed E-state index contributed by atoms with van der Waals surface area (Å²) >= 11 is 0. The van der Waals surface area contributed by atoms with Gasteiger partial charge in [-0.3, -0.25) is 19.1 Å². The summed E-state index contributed by atoms with van der Waals surface area (Å²) in [6, 6.07) is 2.89. The van der Waals surface area contributed by atoms with E-state index >= 15 is 0 Å². The van der Waals surface area contributed by atoms with Crippen LogP contribution in [0.4, 0.5) is 24.9 Å². The number of nitrogens with zero attached hydrogens (tertiary/aromatic N) is 5. The number of ether oxygens (including phenoxy) is 1. The summed E-state index contributed by atoms with van der Waals surface area (Å²) in [5.41, 5.74) is -2.10. The molecule has 8 nitrogen and oxygen atoms in total. The zero-order chi connectivity index (χ0) is 22.8. The van der Waals surface area contributed by atoms with E-state index in [4.69, 9.17) is 4.74 Å². The summed E-state index contributed by atoms with van der Waals surface area (Å²) in [5.74, 6) is -0.360. The molecule has 11 heteroatoms. The van der Waals surface area contributed by atoms with Gasteiger partial charge in [0.1, 0.15) is 5.82 Å². The van der Waals surface area contributed by atoms with Crippen LogP contribution in [0.15, 0.2) is 29.3 Å². The van der Waals surface area contributed by atoms with Gasteiger partial charge >= 0.3 is 6.18 Å². The predicted octanol–water partition coefficient (Wildman–Crippen LogP) is 1.95. The van der Waals surface area contributed by atoms with Crippen molar-refractivity contribution in [3.63, 3.8) is 0 Å². The first-order valence-electron chi connectivity index (χ1n) is 10.4. The summed E-state index contributed by atoms with van der Waals surface area (Å²) in [7, 11) is 0. The highest BCUT2D eigenvalue weighted by Gasteiger charge is 2.60. The highest BCUT2D eigenvalue weighted by molar-refractivity contribution is 5.99. The van der Waals surface area contributed by atoms with Crippen molar-refractivity contribution in [3.05, 3.63) is 46.0 Å². The van der Waals surface area contributed by atoms with E-state index in [1.54, 1.807) is 19.2 Å². The van der Waals surface area contributed by atoms with Gasteiger partial charge in [-0.2, -0.15) is 18.2 Å². The van der Waals surface area contributed by atoms with Crippen LogP contribution in [0.5, 0.6) is 0 Å². The number of aromatic nitrogens is 3. The number of ketones is 1. The topological polar surface area (TPSA) is 80.6 Å². The van der Waals surface area contributed by atoms with Crippen molar-refractivity contribution < 1.29 is 22.7 Å². The molecule has 0 amide bonds. The van der Waals surface area contributed by atoms with Crippen molar-refractivity contribution in [1.29, 1.82) is 0 Å². The number of Topliss-reactive ketones (excluding diaryl/α,β-unsaturated/α-hetero) is 1. The third kappa shape index (κ3) is 3.17. The minimum Gasteiger partial charge on any atom is -0.374 e. The number of aryl methyl sites for hydroxylation is 1. The van der Waals surface area contributed by atoms with E-state index in [9.17, 15) is 22.8 Å². The van der Waals surface area contributed by atoms with Crippen LogP contribution in [0.3, 0.4) is 0 Å². The molecule has 2 fully saturated rings. The SMILES string of the molecule is Cc1cncc(C(=O)CN2c3nc(N4C[C@@H]5C[C@H]4CO5)cc(=O)n3C[C@@]2(C)C(F)(F)F)c1. The van der Waals surface area contributed by atoms with Gasteiger partial charge in [0.2, 0.25) is 5.95 Å². The lowest BCUT2D eigenvalue weighted by Crippen LogP contribution is -2.57. The first kappa shape index (κ1) is 20.9. The van der Waals surface area contributed by atoms with Crippen LogP contribution in [0.1, 0.15) is 29.3 Å². The Morgan fingerprint density at radius 3 is 2.72 bits per heavy atom. The Hall–Kier alpha value is -2.95. The third-order valence-electron chi connectivity index (χ3n) is 6.58. The van der Waals surface area contributed by atoms with E-state index in [-0.39, 0.29) is 23.7 Å². The number of fused-ring (bicyclic) bond motifs is 3. The number of hydrogen-bond donors (Lipinski definition) is 0. The molecule has 5 heterocycles. The monoisotopic (exact) mass is 449 g/mol. The molecule has 2 aromatic heterocycles. The van der Waals surface area contributed by atoms with Gasteiger partial charge in [-0.1, -0.05) is 0 Å². The summed E-state index contributed by atoms with van der Waals surface area (Å²) in [6.45, 7) is 2.56. The Morgan fingerprint density at radius 1 is 1.31 bits per heavy atom. The standard InChI is InChI=1S/C21H22F3N5O3/c1-12-3-13(7-25-6-12)16(30)9-29-19-26-17(27-8-15-4-14(27)10-32-15)5-18(31)28(19)11-20(29,2)21(22,23)24/h3,5-7,14-15H,4,8-11H2,1-2H3/t14-,15-,20-/m0/s1. The van der Waals surface area contributed by atoms with E-state index in [0.717, 1.165) is 28.4 Å². The minimum atomic E-state index is -4.70. The average molecular weight is 449 g/mol. The molecule has 3 atom stereocenters. The maximum Gasteiger partial charge on any atom is 0.413 e. The molecule has 2 aromatic rings. The van der Waals surface area contributed by atoms with Crippen LogP contribution < -0.4 is 15.4 Å². The molecule has 0 aliphatic carbocycles. The second kappa shape index (κ2) is 7.03. The molecule has 3 aliphatic rings.